The van der Waals surface area contributed by atoms with Crippen molar-refractivity contribution in [3.8, 4) is 0 Å². The number of hydrogen-bond donors (Lipinski definition) is 2. The van der Waals surface area contributed by atoms with Crippen molar-refractivity contribution < 1.29 is 9.53 Å². The number of amides is 1. The van der Waals surface area contributed by atoms with E-state index >= 15 is 0 Å². The Balaban J connectivity index is 1.96. The number of aryl methyl sites for hydroxylation is 1. The van der Waals surface area contributed by atoms with Crippen molar-refractivity contribution in [2.24, 2.45) is 4.99 Å². The largest absolute Gasteiger partial charge is 0.381 e. The van der Waals surface area contributed by atoms with Gasteiger partial charge in [0.15, 0.2) is 5.96 Å². The fourth-order valence-corrected chi connectivity index (χ4v) is 3.07. The van der Waals surface area contributed by atoms with Gasteiger partial charge in [0.2, 0.25) is 5.91 Å². The number of nitrogens with zero attached hydrogens (tertiary/aromatic N) is 2. The Morgan fingerprint density at radius 3 is 2.78 bits per heavy atom. The van der Waals surface area contributed by atoms with Crippen LogP contribution in [-0.2, 0) is 16.1 Å². The Labute approximate surface area is 141 Å². The zero-order valence-electron chi connectivity index (χ0n) is 14.1. The summed E-state index contributed by atoms with van der Waals surface area (Å²) >= 11 is 1.73. The maximum Gasteiger partial charge on any atom is 0.243 e. The zero-order chi connectivity index (χ0) is 16.7. The molecule has 0 atom stereocenters. The number of hydrogen-bond acceptors (Lipinski definition) is 4. The molecule has 1 amide bonds. The first-order valence-corrected chi connectivity index (χ1v) is 8.80. The smallest absolute Gasteiger partial charge is 0.243 e. The second kappa shape index (κ2) is 8.88. The van der Waals surface area contributed by atoms with Gasteiger partial charge in [-0.1, -0.05) is 0 Å². The van der Waals surface area contributed by atoms with Gasteiger partial charge < -0.3 is 20.3 Å². The summed E-state index contributed by atoms with van der Waals surface area (Å²) in [6, 6.07) is 2.45. The maximum absolute atomic E-state index is 11.8. The first-order valence-electron chi connectivity index (χ1n) is 7.92. The van der Waals surface area contributed by atoms with Gasteiger partial charge in [0, 0.05) is 38.2 Å². The van der Waals surface area contributed by atoms with E-state index in [-0.39, 0.29) is 12.5 Å². The van der Waals surface area contributed by atoms with E-state index < -0.39 is 0 Å². The monoisotopic (exact) mass is 338 g/mol. The summed E-state index contributed by atoms with van der Waals surface area (Å²) in [7, 11) is 3.48. The van der Waals surface area contributed by atoms with Gasteiger partial charge in [0.1, 0.15) is 6.54 Å². The lowest BCUT2D eigenvalue weighted by Crippen LogP contribution is -2.45. The van der Waals surface area contributed by atoms with Crippen LogP contribution >= 0.6 is 11.3 Å². The molecular formula is C16H26N4O2S. The minimum atomic E-state index is -0.00891. The summed E-state index contributed by atoms with van der Waals surface area (Å²) in [6.07, 6.45) is 1.92. The predicted molar refractivity (Wildman–Crippen MR) is 93.9 cm³/mol. The fourth-order valence-electron chi connectivity index (χ4n) is 2.23. The van der Waals surface area contributed by atoms with E-state index in [1.165, 1.54) is 10.4 Å². The number of carbonyl (C=O) groups excluding carboxylic acids is 1. The number of nitrogens with one attached hydrogen (secondary N) is 2. The molecule has 2 N–H and O–H groups in total. The highest BCUT2D eigenvalue weighted by Crippen LogP contribution is 2.14. The van der Waals surface area contributed by atoms with E-state index in [4.69, 9.17) is 4.74 Å². The molecule has 0 radical (unpaired) electrons. The minimum Gasteiger partial charge on any atom is -0.381 e. The van der Waals surface area contributed by atoms with E-state index in [2.05, 4.69) is 34.0 Å². The standard InChI is InChI=1S/C16H26N4O2S/c1-12-6-9-23-14(12)10-17-16(18-11-15(21)20(2)3)19-13-4-7-22-8-5-13/h6,9,13H,4-5,7-8,10-11H2,1-3H3,(H2,17,18,19). The molecule has 0 spiro atoms. The molecule has 23 heavy (non-hydrogen) atoms. The Bertz CT molecular complexity index is 536. The van der Waals surface area contributed by atoms with Crippen LogP contribution in [0.25, 0.3) is 0 Å². The quantitative estimate of drug-likeness (QED) is 0.628. The molecule has 0 aromatic carbocycles. The Hall–Kier alpha value is -1.60. The fraction of sp³-hybridized carbons (Fsp3) is 0.625. The molecule has 7 heteroatoms. The second-order valence-electron chi connectivity index (χ2n) is 5.86. The van der Waals surface area contributed by atoms with Crippen LogP contribution in [0.3, 0.4) is 0 Å². The third-order valence-electron chi connectivity index (χ3n) is 3.82. The number of thiophene rings is 1. The lowest BCUT2D eigenvalue weighted by atomic mass is 10.1. The summed E-state index contributed by atoms with van der Waals surface area (Å²) in [4.78, 5) is 19.0. The van der Waals surface area contributed by atoms with Gasteiger partial charge in [-0.05, 0) is 36.8 Å². The number of ether oxygens (including phenoxy) is 1. The SMILES string of the molecule is Cc1ccsc1CNC(=NCC(=O)N(C)C)NC1CCOCC1. The van der Waals surface area contributed by atoms with Crippen molar-refractivity contribution in [1.29, 1.82) is 0 Å². The Morgan fingerprint density at radius 1 is 1.43 bits per heavy atom. The van der Waals surface area contributed by atoms with Crippen molar-refractivity contribution in [1.82, 2.24) is 15.5 Å². The van der Waals surface area contributed by atoms with Crippen LogP contribution in [0.4, 0.5) is 0 Å². The molecule has 0 saturated carbocycles. The van der Waals surface area contributed by atoms with Gasteiger partial charge >= 0.3 is 0 Å². The molecule has 1 aromatic rings. The van der Waals surface area contributed by atoms with E-state index in [1.807, 2.05) is 0 Å². The first-order chi connectivity index (χ1) is 11.1. The van der Waals surface area contributed by atoms with Crippen LogP contribution in [0.2, 0.25) is 0 Å². The van der Waals surface area contributed by atoms with Crippen LogP contribution in [0.15, 0.2) is 16.4 Å². The van der Waals surface area contributed by atoms with Crippen molar-refractivity contribution in [3.63, 3.8) is 0 Å². The summed E-state index contributed by atoms with van der Waals surface area (Å²) in [5.74, 6) is 0.685. The maximum atomic E-state index is 11.8. The summed E-state index contributed by atoms with van der Waals surface area (Å²) in [6.45, 7) is 4.51. The number of carbonyl (C=O) groups is 1. The van der Waals surface area contributed by atoms with Crippen LogP contribution in [0.5, 0.6) is 0 Å². The number of rotatable bonds is 5. The highest BCUT2D eigenvalue weighted by molar-refractivity contribution is 7.10. The Kier molecular flexibility index (Phi) is 6.85. The van der Waals surface area contributed by atoms with Crippen molar-refractivity contribution >= 4 is 23.2 Å². The molecule has 128 valence electrons. The third kappa shape index (κ3) is 5.84. The van der Waals surface area contributed by atoms with Crippen LogP contribution in [0.1, 0.15) is 23.3 Å². The summed E-state index contributed by atoms with van der Waals surface area (Å²) in [5.41, 5.74) is 1.28. The van der Waals surface area contributed by atoms with Crippen molar-refractivity contribution in [2.45, 2.75) is 32.4 Å². The van der Waals surface area contributed by atoms with Crippen LogP contribution < -0.4 is 10.6 Å². The van der Waals surface area contributed by atoms with E-state index in [0.717, 1.165) is 26.1 Å². The first kappa shape index (κ1) is 17.7. The third-order valence-corrected chi connectivity index (χ3v) is 4.84. The zero-order valence-corrected chi connectivity index (χ0v) is 14.9. The molecule has 1 saturated heterocycles. The average Bonchev–Trinajstić information content (AvgIpc) is 2.95. The minimum absolute atomic E-state index is 0.00891. The van der Waals surface area contributed by atoms with Gasteiger partial charge in [-0.3, -0.25) is 4.79 Å². The van der Waals surface area contributed by atoms with Gasteiger partial charge in [0.05, 0.1) is 6.54 Å². The normalized spacial score (nSPS) is 16.2. The molecule has 0 aliphatic carbocycles. The van der Waals surface area contributed by atoms with Gasteiger partial charge in [0.25, 0.3) is 0 Å². The van der Waals surface area contributed by atoms with Crippen molar-refractivity contribution in [3.05, 3.63) is 21.9 Å². The molecule has 1 aromatic heterocycles. The Morgan fingerprint density at radius 2 is 2.17 bits per heavy atom. The second-order valence-corrected chi connectivity index (χ2v) is 6.86. The van der Waals surface area contributed by atoms with Crippen LogP contribution in [-0.4, -0.2) is 56.7 Å². The highest BCUT2D eigenvalue weighted by atomic mass is 32.1. The van der Waals surface area contributed by atoms with Gasteiger partial charge in [-0.2, -0.15) is 0 Å². The van der Waals surface area contributed by atoms with Gasteiger partial charge in [-0.25, -0.2) is 4.99 Å². The molecule has 1 aliphatic rings. The molecule has 0 bridgehead atoms. The number of guanidine groups is 1. The van der Waals surface area contributed by atoms with Crippen LogP contribution in [0, 0.1) is 6.92 Å². The molecule has 6 nitrogen and oxygen atoms in total. The van der Waals surface area contributed by atoms with Crippen molar-refractivity contribution in [2.75, 3.05) is 33.9 Å². The van der Waals surface area contributed by atoms with E-state index in [1.54, 1.807) is 30.3 Å². The lowest BCUT2D eigenvalue weighted by Gasteiger charge is -2.25. The molecule has 1 fully saturated rings. The van der Waals surface area contributed by atoms with Gasteiger partial charge in [-0.15, -0.1) is 11.3 Å². The molecular weight excluding hydrogens is 312 g/mol. The predicted octanol–water partition coefficient (Wildman–Crippen LogP) is 1.36. The molecule has 1 aliphatic heterocycles. The average molecular weight is 338 g/mol. The highest BCUT2D eigenvalue weighted by Gasteiger charge is 2.15. The topological polar surface area (TPSA) is 66.0 Å². The molecule has 0 unspecified atom stereocenters. The molecule has 2 rings (SSSR count). The summed E-state index contributed by atoms with van der Waals surface area (Å²) in [5, 5.41) is 8.86. The number of likely N-dealkylation sites (N-methyl/N-ethyl adjacent to an activating group) is 1. The number of aliphatic imine (C=N–C) groups is 1. The lowest BCUT2D eigenvalue weighted by molar-refractivity contribution is -0.127. The summed E-state index contributed by atoms with van der Waals surface area (Å²) < 4.78 is 5.39. The van der Waals surface area contributed by atoms with E-state index in [0.29, 0.717) is 18.5 Å². The molecule has 2 heterocycles. The van der Waals surface area contributed by atoms with E-state index in [9.17, 15) is 4.79 Å².